The van der Waals surface area contributed by atoms with E-state index in [1.54, 1.807) is 36.4 Å². The van der Waals surface area contributed by atoms with Crippen LogP contribution in [0, 0.1) is 0 Å². The van der Waals surface area contributed by atoms with Crippen LogP contribution in [0.2, 0.25) is 0 Å². The molecule has 29 heteroatoms. The number of aryl methyl sites for hydroxylation is 1. The molecule has 1 amide bonds. The van der Waals surface area contributed by atoms with Gasteiger partial charge in [0.2, 0.25) is 28.2 Å². The number of piperidine rings is 1. The summed E-state index contributed by atoms with van der Waals surface area (Å²) in [6.07, 6.45) is 9.56. The van der Waals surface area contributed by atoms with Crippen LogP contribution in [0.15, 0.2) is 106 Å². The lowest BCUT2D eigenvalue weighted by atomic mass is 10.1. The molecule has 6 aromatic heterocycles. The largest absolute Gasteiger partial charge is 0.396 e. The second kappa shape index (κ2) is 20.8. The van der Waals surface area contributed by atoms with Gasteiger partial charge < -0.3 is 21.1 Å². The molecule has 406 valence electrons. The minimum absolute atomic E-state index is 0.0242. The molecule has 1 saturated heterocycles. The monoisotopic (exact) mass is 1120 g/mol. The molecule has 8 aromatic rings. The van der Waals surface area contributed by atoms with Gasteiger partial charge in [-0.15, -0.1) is 9.19 Å². The summed E-state index contributed by atoms with van der Waals surface area (Å²) in [6.45, 7) is -0.294. The molecule has 2 aliphatic carbocycles. The number of hydrogen-bond acceptors (Lipinski definition) is 19. The lowest BCUT2D eigenvalue weighted by Gasteiger charge is -2.30. The number of benzene rings is 2. The summed E-state index contributed by atoms with van der Waals surface area (Å²) in [5, 5.41) is 28.6. The SMILES string of the molecule is CS(=O)(=O)N1CCC(Nc2ncc3cc(CCO)c(=O)n(CCCS(=O)(=O)n4c[n+](-c5nc(NC6CC6)nc6c5ccc(=O)n6CC(=O)Nc5ccc(S(=O)(=O)n6cnc(C7CC7)n6)cc5)c(-c5ccccc5)n4)c3n2)CC1. The predicted molar refractivity (Wildman–Crippen MR) is 284 cm³/mol. The van der Waals surface area contributed by atoms with Crippen molar-refractivity contribution >= 4 is 75.6 Å². The van der Waals surface area contributed by atoms with Crippen LogP contribution in [0.1, 0.15) is 62.3 Å². The molecule has 0 atom stereocenters. The summed E-state index contributed by atoms with van der Waals surface area (Å²) < 4.78 is 86.7. The lowest BCUT2D eigenvalue weighted by Crippen LogP contribution is -2.42. The molecule has 0 bridgehead atoms. The molecule has 2 saturated carbocycles. The van der Waals surface area contributed by atoms with Crippen molar-refractivity contribution in [2.75, 3.05) is 47.7 Å². The van der Waals surface area contributed by atoms with Crippen LogP contribution in [-0.4, -0.2) is 137 Å². The van der Waals surface area contributed by atoms with Crippen molar-refractivity contribution in [1.29, 1.82) is 0 Å². The fourth-order valence-corrected chi connectivity index (χ4v) is 12.3. The fourth-order valence-electron chi connectivity index (χ4n) is 9.23. The van der Waals surface area contributed by atoms with Crippen molar-refractivity contribution < 1.29 is 39.7 Å². The van der Waals surface area contributed by atoms with Crippen LogP contribution in [0.25, 0.3) is 39.3 Å². The average Bonchev–Trinajstić information content (AvgIpc) is 4.36. The highest BCUT2D eigenvalue weighted by Crippen LogP contribution is 2.38. The van der Waals surface area contributed by atoms with E-state index in [1.165, 1.54) is 74.9 Å². The Morgan fingerprint density at radius 2 is 1.50 bits per heavy atom. The second-order valence-corrected chi connectivity index (χ2v) is 25.2. The number of aromatic nitrogens is 12. The van der Waals surface area contributed by atoms with Crippen LogP contribution in [-0.2, 0) is 54.4 Å². The maximum Gasteiger partial charge on any atom is 0.298 e. The third kappa shape index (κ3) is 11.0. The normalized spacial score (nSPS) is 15.7. The summed E-state index contributed by atoms with van der Waals surface area (Å²) in [7, 11) is -11.7. The maximum atomic E-state index is 14.5. The van der Waals surface area contributed by atoms with Gasteiger partial charge in [0.1, 0.15) is 18.5 Å². The Kier molecular flexibility index (Phi) is 13.9. The number of pyridine rings is 2. The molecule has 3 fully saturated rings. The highest BCUT2D eigenvalue weighted by atomic mass is 32.2. The van der Waals surface area contributed by atoms with Gasteiger partial charge in [-0.1, -0.05) is 23.2 Å². The molecule has 0 spiro atoms. The molecule has 0 unspecified atom stereocenters. The summed E-state index contributed by atoms with van der Waals surface area (Å²) in [5.74, 6) is 0.103. The molecule has 78 heavy (non-hydrogen) atoms. The molecule has 4 N–H and O–H groups in total. The molecule has 2 aromatic carbocycles. The number of rotatable bonds is 20. The van der Waals surface area contributed by atoms with E-state index in [9.17, 15) is 44.7 Å². The molecule has 3 aliphatic rings. The second-order valence-electron chi connectivity index (χ2n) is 19.5. The summed E-state index contributed by atoms with van der Waals surface area (Å²) in [6, 6.07) is 18.5. The fraction of sp³-hybridized carbons (Fsp3) is 0.367. The number of carbonyl (C=O) groups excluding carboxylic acids is 1. The zero-order chi connectivity index (χ0) is 54.5. The number of carbonyl (C=O) groups is 1. The summed E-state index contributed by atoms with van der Waals surface area (Å²) in [5.41, 5.74) is 0.301. The Balaban J connectivity index is 0.876. The van der Waals surface area contributed by atoms with Crippen LogP contribution < -0.4 is 31.6 Å². The van der Waals surface area contributed by atoms with E-state index in [0.29, 0.717) is 42.7 Å². The van der Waals surface area contributed by atoms with Gasteiger partial charge in [-0.2, -0.15) is 31.4 Å². The van der Waals surface area contributed by atoms with E-state index in [0.717, 1.165) is 38.4 Å². The quantitative estimate of drug-likeness (QED) is 0.0788. The first-order chi connectivity index (χ1) is 37.4. The zero-order valence-electron chi connectivity index (χ0n) is 42.0. The van der Waals surface area contributed by atoms with E-state index >= 15 is 0 Å². The first-order valence-electron chi connectivity index (χ1n) is 25.2. The third-order valence-corrected chi connectivity index (χ3v) is 18.0. The van der Waals surface area contributed by atoms with E-state index < -0.39 is 59.4 Å². The minimum atomic E-state index is -4.31. The van der Waals surface area contributed by atoms with Crippen LogP contribution in [0.3, 0.4) is 0 Å². The summed E-state index contributed by atoms with van der Waals surface area (Å²) in [4.78, 5) is 64.2. The van der Waals surface area contributed by atoms with Gasteiger partial charge in [0.05, 0.1) is 22.3 Å². The van der Waals surface area contributed by atoms with Crippen molar-refractivity contribution in [2.45, 2.75) is 87.4 Å². The van der Waals surface area contributed by atoms with E-state index in [2.05, 4.69) is 41.1 Å². The van der Waals surface area contributed by atoms with Crippen LogP contribution in [0.4, 0.5) is 17.6 Å². The first kappa shape index (κ1) is 52.2. The number of nitrogens with zero attached hydrogens (tertiary/aromatic N) is 13. The molecule has 1 aliphatic heterocycles. The van der Waals surface area contributed by atoms with Gasteiger partial charge >= 0.3 is 0 Å². The number of anilines is 3. The van der Waals surface area contributed by atoms with E-state index in [1.807, 2.05) is 0 Å². The highest BCUT2D eigenvalue weighted by molar-refractivity contribution is 7.90. The standard InChI is InChI=1S/C49H52N16O10S3/c1-76(70,71)60-22-18-37(19-23-60)53-48-50-27-34-26-33(20-24-66)47(69)61(43(34)55-48)21-5-25-77(72,73)65-30-63(44(59-65)32-6-3-2-4-7-32)46-39-16-17-41(68)62(45(39)56-49(57-46)54-36-10-11-36)28-40(67)52-35-12-14-38(15-13-35)78(74,75)64-29-51-42(58-64)31-8-9-31/h2-4,6-7,12-17,26-27,29-31,36-37,66H,5,8-11,18-25,28H2,1H3,(H2-,50,52,53,54,55,56,57,67,68,69)/p+1. The van der Waals surface area contributed by atoms with Crippen LogP contribution >= 0.6 is 0 Å². The third-order valence-electron chi connectivity index (χ3n) is 13.6. The van der Waals surface area contributed by atoms with Gasteiger partial charge in [0.15, 0.2) is 11.5 Å². The number of amides is 1. The number of sulfonamides is 1. The van der Waals surface area contributed by atoms with Gasteiger partial charge in [-0.3, -0.25) is 23.5 Å². The van der Waals surface area contributed by atoms with E-state index in [-0.39, 0.29) is 100 Å². The maximum absolute atomic E-state index is 14.5. The number of nitrogens with one attached hydrogen (secondary N) is 3. The van der Waals surface area contributed by atoms with Gasteiger partial charge in [-0.25, -0.2) is 22.7 Å². The molecule has 0 radical (unpaired) electrons. The first-order valence-corrected chi connectivity index (χ1v) is 30.1. The molecular weight excluding hydrogens is 1070 g/mol. The Bertz CT molecular complexity index is 4100. The number of aliphatic hydroxyl groups excluding tert-OH is 1. The molecule has 26 nitrogen and oxygen atoms in total. The number of fused-ring (bicyclic) bond motifs is 2. The Morgan fingerprint density at radius 3 is 2.21 bits per heavy atom. The molecule has 7 heterocycles. The average molecular weight is 1120 g/mol. The van der Waals surface area contributed by atoms with Crippen molar-refractivity contribution in [2.24, 2.45) is 0 Å². The number of aliphatic hydroxyl groups is 1. The van der Waals surface area contributed by atoms with Gasteiger partial charge in [-0.05, 0) is 97.6 Å². The smallest absolute Gasteiger partial charge is 0.298 e. The van der Waals surface area contributed by atoms with Crippen molar-refractivity contribution in [3.63, 3.8) is 0 Å². The lowest BCUT2D eigenvalue weighted by molar-refractivity contribution is -0.586. The Hall–Kier alpha value is -7.86. The molecular formula is C49H53N16O10S3+. The van der Waals surface area contributed by atoms with Crippen LogP contribution in [0.5, 0.6) is 0 Å². The Labute approximate surface area is 446 Å². The zero-order valence-corrected chi connectivity index (χ0v) is 44.4. The summed E-state index contributed by atoms with van der Waals surface area (Å²) >= 11 is 0. The molecule has 11 rings (SSSR count). The predicted octanol–water partition coefficient (Wildman–Crippen LogP) is 1.59. The number of hydrogen-bond donors (Lipinski definition) is 4. The highest BCUT2D eigenvalue weighted by Gasteiger charge is 2.33. The van der Waals surface area contributed by atoms with E-state index in [4.69, 9.17) is 9.97 Å². The van der Waals surface area contributed by atoms with Crippen molar-refractivity contribution in [3.05, 3.63) is 124 Å². The minimum Gasteiger partial charge on any atom is -0.396 e. The van der Waals surface area contributed by atoms with Crippen molar-refractivity contribution in [1.82, 2.24) is 56.7 Å². The van der Waals surface area contributed by atoms with Gasteiger partial charge in [0.25, 0.3) is 48.8 Å². The van der Waals surface area contributed by atoms with Crippen molar-refractivity contribution in [3.8, 4) is 17.2 Å². The topological polar surface area (TPSA) is 327 Å². The van der Waals surface area contributed by atoms with Gasteiger partial charge in [0, 0.05) is 90.2 Å². The Morgan fingerprint density at radius 1 is 0.782 bits per heavy atom.